The molecule has 0 saturated carbocycles. The average molecular weight is 326 g/mol. The largest absolute Gasteiger partial charge is 0.369 e. The van der Waals surface area contributed by atoms with E-state index in [2.05, 4.69) is 15.3 Å². The van der Waals surface area contributed by atoms with Crippen LogP contribution in [0.4, 0.5) is 5.82 Å². The van der Waals surface area contributed by atoms with Gasteiger partial charge in [-0.3, -0.25) is 0 Å². The Labute approximate surface area is 127 Å². The maximum Gasteiger partial charge on any atom is 0.209 e. The zero-order valence-corrected chi connectivity index (χ0v) is 13.5. The standard InChI is InChI=1S/C13H18N4O2S2/c1-8-16-12(15-6-3-7-21(14,18)19)11-9-4-2-5-10(9)20-13(11)17-8/h2-7H2,1H3,(H2,14,18,19)(H,15,16,17). The molecule has 114 valence electrons. The van der Waals surface area contributed by atoms with Crippen LogP contribution in [0.2, 0.25) is 0 Å². The van der Waals surface area contributed by atoms with E-state index in [0.29, 0.717) is 13.0 Å². The van der Waals surface area contributed by atoms with Crippen molar-refractivity contribution in [2.45, 2.75) is 32.6 Å². The number of nitrogens with one attached hydrogen (secondary N) is 1. The van der Waals surface area contributed by atoms with E-state index >= 15 is 0 Å². The topological polar surface area (TPSA) is 98.0 Å². The predicted molar refractivity (Wildman–Crippen MR) is 85.3 cm³/mol. The van der Waals surface area contributed by atoms with E-state index in [4.69, 9.17) is 5.14 Å². The summed E-state index contributed by atoms with van der Waals surface area (Å²) in [6.45, 7) is 2.41. The summed E-state index contributed by atoms with van der Waals surface area (Å²) in [5, 5.41) is 9.38. The van der Waals surface area contributed by atoms with Crippen LogP contribution in [-0.2, 0) is 22.9 Å². The number of nitrogens with zero attached hydrogens (tertiary/aromatic N) is 2. The molecule has 0 aliphatic heterocycles. The number of sulfonamides is 1. The first-order valence-corrected chi connectivity index (χ1v) is 9.50. The van der Waals surface area contributed by atoms with Gasteiger partial charge in [0.1, 0.15) is 16.5 Å². The summed E-state index contributed by atoms with van der Waals surface area (Å²) in [5.74, 6) is 1.54. The highest BCUT2D eigenvalue weighted by Crippen LogP contribution is 2.39. The molecule has 8 heteroatoms. The van der Waals surface area contributed by atoms with E-state index in [9.17, 15) is 8.42 Å². The summed E-state index contributed by atoms with van der Waals surface area (Å²) in [4.78, 5) is 11.5. The number of rotatable bonds is 5. The van der Waals surface area contributed by atoms with Gasteiger partial charge in [0.25, 0.3) is 0 Å². The predicted octanol–water partition coefficient (Wildman–Crippen LogP) is 1.58. The van der Waals surface area contributed by atoms with Crippen LogP contribution in [0.1, 0.15) is 29.1 Å². The highest BCUT2D eigenvalue weighted by atomic mass is 32.2. The summed E-state index contributed by atoms with van der Waals surface area (Å²) in [7, 11) is -3.40. The van der Waals surface area contributed by atoms with Gasteiger partial charge in [-0.2, -0.15) is 0 Å². The Morgan fingerprint density at radius 1 is 1.33 bits per heavy atom. The van der Waals surface area contributed by atoms with Crippen molar-refractivity contribution in [3.8, 4) is 0 Å². The lowest BCUT2D eigenvalue weighted by Gasteiger charge is -2.08. The summed E-state index contributed by atoms with van der Waals surface area (Å²) < 4.78 is 21.9. The quantitative estimate of drug-likeness (QED) is 0.813. The zero-order chi connectivity index (χ0) is 15.0. The van der Waals surface area contributed by atoms with Crippen molar-refractivity contribution in [1.82, 2.24) is 9.97 Å². The summed E-state index contributed by atoms with van der Waals surface area (Å²) >= 11 is 1.75. The maximum atomic E-state index is 10.9. The fourth-order valence-electron chi connectivity index (χ4n) is 2.71. The fourth-order valence-corrected chi connectivity index (χ4v) is 4.56. The molecule has 0 atom stereocenters. The molecule has 21 heavy (non-hydrogen) atoms. The molecule has 2 heterocycles. The molecule has 3 N–H and O–H groups in total. The van der Waals surface area contributed by atoms with Crippen LogP contribution >= 0.6 is 11.3 Å². The minimum atomic E-state index is -3.40. The Morgan fingerprint density at radius 3 is 2.90 bits per heavy atom. The van der Waals surface area contributed by atoms with Crippen LogP contribution in [0, 0.1) is 6.92 Å². The average Bonchev–Trinajstić information content (AvgIpc) is 2.92. The molecule has 1 aliphatic carbocycles. The lowest BCUT2D eigenvalue weighted by atomic mass is 10.2. The van der Waals surface area contributed by atoms with Gasteiger partial charge in [0.05, 0.1) is 11.1 Å². The minimum Gasteiger partial charge on any atom is -0.369 e. The van der Waals surface area contributed by atoms with Gasteiger partial charge >= 0.3 is 0 Å². The van der Waals surface area contributed by atoms with Crippen molar-refractivity contribution in [1.29, 1.82) is 0 Å². The molecule has 0 radical (unpaired) electrons. The molecule has 0 saturated heterocycles. The van der Waals surface area contributed by atoms with Crippen molar-refractivity contribution in [3.05, 3.63) is 16.3 Å². The number of hydrogen-bond acceptors (Lipinski definition) is 6. The van der Waals surface area contributed by atoms with E-state index in [0.717, 1.165) is 34.7 Å². The first kappa shape index (κ1) is 14.7. The monoisotopic (exact) mass is 326 g/mol. The SMILES string of the molecule is Cc1nc(NCCCS(N)(=O)=O)c2c3c(sc2n1)CCC3. The van der Waals surface area contributed by atoms with Crippen molar-refractivity contribution < 1.29 is 8.42 Å². The molecule has 0 aromatic carbocycles. The van der Waals surface area contributed by atoms with E-state index in [1.807, 2.05) is 6.92 Å². The smallest absolute Gasteiger partial charge is 0.209 e. The Balaban J connectivity index is 1.84. The molecule has 0 amide bonds. The summed E-state index contributed by atoms with van der Waals surface area (Å²) in [6, 6.07) is 0. The molecular formula is C13H18N4O2S2. The third kappa shape index (κ3) is 3.17. The van der Waals surface area contributed by atoms with Gasteiger partial charge < -0.3 is 5.32 Å². The van der Waals surface area contributed by atoms with Gasteiger partial charge in [-0.25, -0.2) is 23.5 Å². The zero-order valence-electron chi connectivity index (χ0n) is 11.8. The summed E-state index contributed by atoms with van der Waals surface area (Å²) in [6.07, 6.45) is 3.86. The molecule has 6 nitrogen and oxygen atoms in total. The van der Waals surface area contributed by atoms with Gasteiger partial charge in [0, 0.05) is 11.4 Å². The van der Waals surface area contributed by atoms with E-state index in [-0.39, 0.29) is 5.75 Å². The number of primary sulfonamides is 1. The van der Waals surface area contributed by atoms with Crippen LogP contribution in [-0.4, -0.2) is 30.7 Å². The molecule has 0 fully saturated rings. The third-order valence-corrected chi connectivity index (χ3v) is 5.62. The number of nitrogens with two attached hydrogens (primary N) is 1. The molecule has 1 aliphatic rings. The molecule has 3 rings (SSSR count). The molecular weight excluding hydrogens is 308 g/mol. The number of aromatic nitrogens is 2. The van der Waals surface area contributed by atoms with Gasteiger partial charge in [-0.1, -0.05) is 0 Å². The van der Waals surface area contributed by atoms with Gasteiger partial charge in [-0.05, 0) is 38.2 Å². The minimum absolute atomic E-state index is 0.0189. The summed E-state index contributed by atoms with van der Waals surface area (Å²) in [5.41, 5.74) is 1.36. The van der Waals surface area contributed by atoms with Gasteiger partial charge in [0.15, 0.2) is 0 Å². The van der Waals surface area contributed by atoms with Crippen LogP contribution in [0.3, 0.4) is 0 Å². The number of fused-ring (bicyclic) bond motifs is 3. The van der Waals surface area contributed by atoms with Crippen LogP contribution in [0.25, 0.3) is 10.2 Å². The lowest BCUT2D eigenvalue weighted by molar-refractivity contribution is 0.595. The van der Waals surface area contributed by atoms with Crippen molar-refractivity contribution in [2.75, 3.05) is 17.6 Å². The van der Waals surface area contributed by atoms with Crippen LogP contribution in [0.5, 0.6) is 0 Å². The second-order valence-corrected chi connectivity index (χ2v) is 8.12. The maximum absolute atomic E-state index is 10.9. The number of aryl methyl sites for hydroxylation is 3. The van der Waals surface area contributed by atoms with Gasteiger partial charge in [0.2, 0.25) is 10.0 Å². The Morgan fingerprint density at radius 2 is 2.14 bits per heavy atom. The normalized spacial score (nSPS) is 14.6. The second kappa shape index (κ2) is 5.51. The van der Waals surface area contributed by atoms with E-state index in [1.54, 1.807) is 11.3 Å². The van der Waals surface area contributed by atoms with Gasteiger partial charge in [-0.15, -0.1) is 11.3 Å². The second-order valence-electron chi connectivity index (χ2n) is 5.30. The Kier molecular flexibility index (Phi) is 3.85. The molecule has 2 aromatic rings. The lowest BCUT2D eigenvalue weighted by Crippen LogP contribution is -2.19. The first-order chi connectivity index (χ1) is 9.94. The molecule has 0 spiro atoms. The highest BCUT2D eigenvalue weighted by molar-refractivity contribution is 7.89. The van der Waals surface area contributed by atoms with Crippen molar-refractivity contribution in [2.24, 2.45) is 5.14 Å². The third-order valence-electron chi connectivity index (χ3n) is 3.57. The number of thiophene rings is 1. The Bertz CT molecular complexity index is 783. The fraction of sp³-hybridized carbons (Fsp3) is 0.538. The molecule has 2 aromatic heterocycles. The first-order valence-electron chi connectivity index (χ1n) is 6.97. The van der Waals surface area contributed by atoms with E-state index < -0.39 is 10.0 Å². The highest BCUT2D eigenvalue weighted by Gasteiger charge is 2.21. The van der Waals surface area contributed by atoms with Crippen LogP contribution < -0.4 is 10.5 Å². The van der Waals surface area contributed by atoms with E-state index in [1.165, 1.54) is 16.9 Å². The Hall–Kier alpha value is -1.25. The van der Waals surface area contributed by atoms with Crippen molar-refractivity contribution in [3.63, 3.8) is 0 Å². The molecule has 0 bridgehead atoms. The van der Waals surface area contributed by atoms with Crippen molar-refractivity contribution >= 4 is 37.4 Å². The number of hydrogen-bond donors (Lipinski definition) is 2. The number of anilines is 1. The van der Waals surface area contributed by atoms with Crippen LogP contribution in [0.15, 0.2) is 0 Å². The molecule has 0 unspecified atom stereocenters.